The summed E-state index contributed by atoms with van der Waals surface area (Å²) < 4.78 is 43.5. The number of likely N-dealkylation sites (tertiary alicyclic amines) is 1. The van der Waals surface area contributed by atoms with Crippen molar-refractivity contribution in [2.75, 3.05) is 13.1 Å². The van der Waals surface area contributed by atoms with Gasteiger partial charge in [-0.25, -0.2) is 13.2 Å². The molecule has 2 fully saturated rings. The zero-order chi connectivity index (χ0) is 22.5. The molecule has 0 bridgehead atoms. The van der Waals surface area contributed by atoms with Crippen LogP contribution in [0.2, 0.25) is 0 Å². The second kappa shape index (κ2) is 10.6. The van der Waals surface area contributed by atoms with Gasteiger partial charge in [-0.2, -0.15) is 0 Å². The fraction of sp³-hybridized carbons (Fsp3) is 0.538. The number of rotatable bonds is 5. The zero-order valence-electron chi connectivity index (χ0n) is 18.8. The number of halogens is 3. The van der Waals surface area contributed by atoms with E-state index in [0.717, 1.165) is 44.5 Å². The summed E-state index contributed by atoms with van der Waals surface area (Å²) in [5.74, 6) is -1.95. The molecule has 1 saturated heterocycles. The Kier molecular flexibility index (Phi) is 8.17. The Bertz CT molecular complexity index is 843. The predicted octanol–water partition coefficient (Wildman–Crippen LogP) is 6.73. The molecule has 4 atom stereocenters. The van der Waals surface area contributed by atoms with Crippen LogP contribution in [0.5, 0.6) is 0 Å². The molecule has 1 aliphatic heterocycles. The average Bonchev–Trinajstić information content (AvgIpc) is 3.59. The van der Waals surface area contributed by atoms with Crippen molar-refractivity contribution in [1.82, 2.24) is 4.90 Å². The molecule has 0 amide bonds. The highest BCUT2D eigenvalue weighted by Crippen LogP contribution is 2.55. The molecular formula is C26H34F3NO. The van der Waals surface area contributed by atoms with Crippen molar-refractivity contribution in [1.29, 1.82) is 0 Å². The SMILES string of the molecule is CC.CC(C1CC1c1cccc(F)c1-c1c(F)cccc1F)C(O)N1CCCCCC1. The Morgan fingerprint density at radius 3 is 1.94 bits per heavy atom. The van der Waals surface area contributed by atoms with Gasteiger partial charge in [0.15, 0.2) is 0 Å². The van der Waals surface area contributed by atoms with E-state index < -0.39 is 23.7 Å². The summed E-state index contributed by atoms with van der Waals surface area (Å²) in [4.78, 5) is 2.15. The summed E-state index contributed by atoms with van der Waals surface area (Å²) >= 11 is 0. The number of aliphatic hydroxyl groups is 1. The third-order valence-corrected chi connectivity index (χ3v) is 6.66. The van der Waals surface area contributed by atoms with Crippen LogP contribution in [0.3, 0.4) is 0 Å². The molecule has 170 valence electrons. The molecule has 4 rings (SSSR count). The van der Waals surface area contributed by atoms with Gasteiger partial charge in [-0.15, -0.1) is 0 Å². The van der Waals surface area contributed by atoms with Crippen molar-refractivity contribution in [3.05, 3.63) is 59.4 Å². The third-order valence-electron chi connectivity index (χ3n) is 6.66. The number of hydrogen-bond donors (Lipinski definition) is 1. The van der Waals surface area contributed by atoms with Crippen LogP contribution >= 0.6 is 0 Å². The Hall–Kier alpha value is -1.85. The first-order chi connectivity index (χ1) is 15.0. The fourth-order valence-electron chi connectivity index (χ4n) is 4.92. The van der Waals surface area contributed by atoms with Crippen molar-refractivity contribution in [3.8, 4) is 11.1 Å². The summed E-state index contributed by atoms with van der Waals surface area (Å²) in [6.45, 7) is 7.83. The normalized spacial score (nSPS) is 23.3. The smallest absolute Gasteiger partial charge is 0.134 e. The standard InChI is InChI=1S/C24H28F3NO.C2H6/c1-15(24(29)28-12-4-2-3-5-13-28)17-14-18(17)16-8-6-9-19(25)22(16)23-20(26)10-7-11-21(23)27;1-2/h6-11,15,17-18,24,29H,2-5,12-14H2,1H3;1-2H3. The number of hydrogen-bond acceptors (Lipinski definition) is 2. The van der Waals surface area contributed by atoms with Gasteiger partial charge < -0.3 is 5.11 Å². The van der Waals surface area contributed by atoms with E-state index in [1.807, 2.05) is 20.8 Å². The molecule has 1 aliphatic carbocycles. The van der Waals surface area contributed by atoms with Crippen molar-refractivity contribution in [2.45, 2.75) is 65.0 Å². The van der Waals surface area contributed by atoms with E-state index in [1.165, 1.54) is 25.0 Å². The van der Waals surface area contributed by atoms with Crippen LogP contribution < -0.4 is 0 Å². The number of nitrogens with zero attached hydrogens (tertiary/aromatic N) is 1. The van der Waals surface area contributed by atoms with Gasteiger partial charge in [-0.3, -0.25) is 4.90 Å². The summed E-state index contributed by atoms with van der Waals surface area (Å²) in [5, 5.41) is 10.9. The Labute approximate surface area is 184 Å². The molecule has 0 radical (unpaired) electrons. The maximum absolute atomic E-state index is 14.7. The number of benzene rings is 2. The molecule has 2 nitrogen and oxygen atoms in total. The van der Waals surface area contributed by atoms with Gasteiger partial charge >= 0.3 is 0 Å². The largest absolute Gasteiger partial charge is 0.378 e. The maximum atomic E-state index is 14.7. The molecule has 5 heteroatoms. The summed E-state index contributed by atoms with van der Waals surface area (Å²) in [6.07, 6.45) is 4.84. The minimum Gasteiger partial charge on any atom is -0.378 e. The van der Waals surface area contributed by atoms with Gasteiger partial charge in [-0.05, 0) is 60.8 Å². The predicted molar refractivity (Wildman–Crippen MR) is 119 cm³/mol. The number of aliphatic hydroxyl groups excluding tert-OH is 1. The van der Waals surface area contributed by atoms with Crippen LogP contribution in [0.25, 0.3) is 11.1 Å². The lowest BCUT2D eigenvalue weighted by molar-refractivity contribution is -0.0400. The molecule has 0 aromatic heterocycles. The van der Waals surface area contributed by atoms with E-state index in [9.17, 15) is 18.3 Å². The Morgan fingerprint density at radius 1 is 0.839 bits per heavy atom. The summed E-state index contributed by atoms with van der Waals surface area (Å²) in [5.41, 5.74) is 0.355. The van der Waals surface area contributed by atoms with Crippen LogP contribution in [0.4, 0.5) is 13.2 Å². The molecule has 4 unspecified atom stereocenters. The van der Waals surface area contributed by atoms with Gasteiger partial charge in [0, 0.05) is 18.7 Å². The summed E-state index contributed by atoms with van der Waals surface area (Å²) in [6, 6.07) is 8.21. The third kappa shape index (κ3) is 5.15. The van der Waals surface area contributed by atoms with Crippen molar-refractivity contribution in [2.24, 2.45) is 11.8 Å². The average molecular weight is 434 g/mol. The van der Waals surface area contributed by atoms with Crippen molar-refractivity contribution < 1.29 is 18.3 Å². The van der Waals surface area contributed by atoms with Gasteiger partial charge in [0.25, 0.3) is 0 Å². The molecule has 1 saturated carbocycles. The second-order valence-corrected chi connectivity index (χ2v) is 8.53. The molecule has 1 N–H and O–H groups in total. The highest BCUT2D eigenvalue weighted by molar-refractivity contribution is 5.70. The highest BCUT2D eigenvalue weighted by Gasteiger charge is 2.46. The van der Waals surface area contributed by atoms with Crippen LogP contribution in [0, 0.1) is 29.3 Å². The summed E-state index contributed by atoms with van der Waals surface area (Å²) in [7, 11) is 0. The van der Waals surface area contributed by atoms with Gasteiger partial charge in [-0.1, -0.05) is 51.8 Å². The molecule has 2 aromatic rings. The molecule has 2 aromatic carbocycles. The lowest BCUT2D eigenvalue weighted by Gasteiger charge is -2.31. The Morgan fingerprint density at radius 2 is 1.35 bits per heavy atom. The van der Waals surface area contributed by atoms with E-state index in [0.29, 0.717) is 5.56 Å². The van der Waals surface area contributed by atoms with Crippen LogP contribution in [-0.2, 0) is 0 Å². The van der Waals surface area contributed by atoms with E-state index >= 15 is 0 Å². The minimum absolute atomic E-state index is 0.00339. The second-order valence-electron chi connectivity index (χ2n) is 8.53. The van der Waals surface area contributed by atoms with E-state index in [1.54, 1.807) is 12.1 Å². The molecule has 2 aliphatic rings. The zero-order valence-corrected chi connectivity index (χ0v) is 18.8. The van der Waals surface area contributed by atoms with Crippen molar-refractivity contribution >= 4 is 0 Å². The minimum atomic E-state index is -0.758. The Balaban J connectivity index is 0.00000132. The van der Waals surface area contributed by atoms with Crippen LogP contribution in [0.1, 0.15) is 64.4 Å². The molecule has 1 heterocycles. The first kappa shape index (κ1) is 23.8. The lowest BCUT2D eigenvalue weighted by atomic mass is 9.92. The highest BCUT2D eigenvalue weighted by atomic mass is 19.1. The molecule has 0 spiro atoms. The van der Waals surface area contributed by atoms with Gasteiger partial charge in [0.2, 0.25) is 0 Å². The molecular weight excluding hydrogens is 399 g/mol. The van der Waals surface area contributed by atoms with Gasteiger partial charge in [0.1, 0.15) is 23.7 Å². The topological polar surface area (TPSA) is 23.5 Å². The van der Waals surface area contributed by atoms with Crippen LogP contribution in [-0.4, -0.2) is 29.3 Å². The van der Waals surface area contributed by atoms with Gasteiger partial charge in [0.05, 0.1) is 5.56 Å². The fourth-order valence-corrected chi connectivity index (χ4v) is 4.92. The first-order valence-corrected chi connectivity index (χ1v) is 11.6. The van der Waals surface area contributed by atoms with E-state index in [-0.39, 0.29) is 28.9 Å². The monoisotopic (exact) mass is 433 g/mol. The quantitative estimate of drug-likeness (QED) is 0.565. The van der Waals surface area contributed by atoms with E-state index in [4.69, 9.17) is 0 Å². The molecule has 31 heavy (non-hydrogen) atoms. The lowest BCUT2D eigenvalue weighted by Crippen LogP contribution is -2.41. The maximum Gasteiger partial charge on any atom is 0.134 e. The van der Waals surface area contributed by atoms with Crippen LogP contribution in [0.15, 0.2) is 36.4 Å². The van der Waals surface area contributed by atoms with E-state index in [2.05, 4.69) is 4.90 Å². The first-order valence-electron chi connectivity index (χ1n) is 11.6. The van der Waals surface area contributed by atoms with Crippen molar-refractivity contribution in [3.63, 3.8) is 0 Å².